The maximum atomic E-state index is 12.3. The Morgan fingerprint density at radius 3 is 2.42 bits per heavy atom. The minimum Gasteiger partial charge on any atom is -0.492 e. The van der Waals surface area contributed by atoms with Gasteiger partial charge in [-0.05, 0) is 53.2 Å². The fourth-order valence-corrected chi connectivity index (χ4v) is 3.95. The number of nitrogens with zero attached hydrogens (tertiary/aromatic N) is 1. The van der Waals surface area contributed by atoms with E-state index in [0.29, 0.717) is 17.6 Å². The van der Waals surface area contributed by atoms with Crippen molar-refractivity contribution in [2.45, 2.75) is 11.8 Å². The van der Waals surface area contributed by atoms with Gasteiger partial charge >= 0.3 is 0 Å². The molecule has 0 aromatic heterocycles. The van der Waals surface area contributed by atoms with Crippen molar-refractivity contribution in [3.05, 3.63) is 58.1 Å². The van der Waals surface area contributed by atoms with Crippen molar-refractivity contribution in [1.82, 2.24) is 9.62 Å². The predicted octanol–water partition coefficient (Wildman–Crippen LogP) is 2.82. The first-order chi connectivity index (χ1) is 12.2. The van der Waals surface area contributed by atoms with Crippen molar-refractivity contribution in [3.8, 4) is 5.75 Å². The number of sulfonamides is 1. The van der Waals surface area contributed by atoms with Gasteiger partial charge in [-0.25, -0.2) is 12.7 Å². The number of hydrogen-bond donors (Lipinski definition) is 1. The standard InChI is InChI=1S/C18H21BrN2O4S/c1-13-4-7-15(8-5-13)25-11-10-20-18(22)14-6-9-16(19)17(12-14)26(23,24)21(2)3/h4-9,12H,10-11H2,1-3H3,(H,20,22). The Morgan fingerprint density at radius 2 is 1.81 bits per heavy atom. The van der Waals surface area contributed by atoms with Gasteiger partial charge in [-0.3, -0.25) is 4.79 Å². The molecule has 0 aliphatic heterocycles. The third-order valence-electron chi connectivity index (χ3n) is 3.63. The number of aryl methyl sites for hydroxylation is 1. The second kappa shape index (κ2) is 8.66. The molecule has 0 unspecified atom stereocenters. The number of rotatable bonds is 7. The third kappa shape index (κ3) is 5.06. The summed E-state index contributed by atoms with van der Waals surface area (Å²) in [5.74, 6) is 0.369. The Kier molecular flexibility index (Phi) is 6.80. The Balaban J connectivity index is 1.98. The molecule has 2 aromatic carbocycles. The van der Waals surface area contributed by atoms with E-state index in [1.54, 1.807) is 12.1 Å². The highest BCUT2D eigenvalue weighted by molar-refractivity contribution is 9.10. The molecule has 140 valence electrons. The van der Waals surface area contributed by atoms with E-state index in [1.165, 1.54) is 20.2 Å². The molecule has 0 atom stereocenters. The quantitative estimate of drug-likeness (QED) is 0.671. The summed E-state index contributed by atoms with van der Waals surface area (Å²) in [5.41, 5.74) is 1.41. The number of benzene rings is 2. The molecule has 0 spiro atoms. The van der Waals surface area contributed by atoms with Crippen molar-refractivity contribution in [2.24, 2.45) is 0 Å². The molecule has 26 heavy (non-hydrogen) atoms. The smallest absolute Gasteiger partial charge is 0.251 e. The van der Waals surface area contributed by atoms with E-state index in [0.717, 1.165) is 15.6 Å². The zero-order valence-electron chi connectivity index (χ0n) is 14.8. The highest BCUT2D eigenvalue weighted by Gasteiger charge is 2.22. The average molecular weight is 441 g/mol. The molecular formula is C18H21BrN2O4S. The summed E-state index contributed by atoms with van der Waals surface area (Å²) in [7, 11) is -0.764. The SMILES string of the molecule is Cc1ccc(OCCNC(=O)c2ccc(Br)c(S(=O)(=O)N(C)C)c2)cc1. The maximum Gasteiger partial charge on any atom is 0.251 e. The van der Waals surface area contributed by atoms with Crippen LogP contribution in [-0.2, 0) is 10.0 Å². The van der Waals surface area contributed by atoms with E-state index >= 15 is 0 Å². The first-order valence-electron chi connectivity index (χ1n) is 7.91. The molecule has 0 saturated heterocycles. The van der Waals surface area contributed by atoms with Crippen LogP contribution in [0.2, 0.25) is 0 Å². The van der Waals surface area contributed by atoms with E-state index in [4.69, 9.17) is 4.74 Å². The van der Waals surface area contributed by atoms with Crippen LogP contribution < -0.4 is 10.1 Å². The molecule has 8 heteroatoms. The van der Waals surface area contributed by atoms with Crippen LogP contribution >= 0.6 is 15.9 Å². The lowest BCUT2D eigenvalue weighted by Gasteiger charge is -2.14. The van der Waals surface area contributed by atoms with Gasteiger partial charge in [-0.1, -0.05) is 17.7 Å². The molecule has 0 bridgehead atoms. The van der Waals surface area contributed by atoms with Gasteiger partial charge in [-0.15, -0.1) is 0 Å². The Morgan fingerprint density at radius 1 is 1.15 bits per heavy atom. The van der Waals surface area contributed by atoms with Crippen LogP contribution in [-0.4, -0.2) is 45.9 Å². The molecule has 2 rings (SSSR count). The predicted molar refractivity (Wildman–Crippen MR) is 104 cm³/mol. The maximum absolute atomic E-state index is 12.3. The van der Waals surface area contributed by atoms with Gasteiger partial charge in [0.25, 0.3) is 5.91 Å². The van der Waals surface area contributed by atoms with Gasteiger partial charge in [0.2, 0.25) is 10.0 Å². The summed E-state index contributed by atoms with van der Waals surface area (Å²) >= 11 is 3.22. The van der Waals surface area contributed by atoms with E-state index in [-0.39, 0.29) is 16.4 Å². The Hall–Kier alpha value is -1.90. The van der Waals surface area contributed by atoms with Crippen molar-refractivity contribution in [2.75, 3.05) is 27.2 Å². The fraction of sp³-hybridized carbons (Fsp3) is 0.278. The van der Waals surface area contributed by atoms with Crippen molar-refractivity contribution < 1.29 is 17.9 Å². The van der Waals surface area contributed by atoms with Crippen LogP contribution in [0.4, 0.5) is 0 Å². The lowest BCUT2D eigenvalue weighted by molar-refractivity contribution is 0.0946. The number of carbonyl (C=O) groups is 1. The van der Waals surface area contributed by atoms with E-state index in [1.807, 2.05) is 31.2 Å². The summed E-state index contributed by atoms with van der Waals surface area (Å²) in [6.45, 7) is 2.61. The number of ether oxygens (including phenoxy) is 1. The summed E-state index contributed by atoms with van der Waals surface area (Å²) in [4.78, 5) is 12.3. The van der Waals surface area contributed by atoms with Gasteiger partial charge in [-0.2, -0.15) is 0 Å². The van der Waals surface area contributed by atoms with Crippen LogP contribution in [0.1, 0.15) is 15.9 Å². The third-order valence-corrected chi connectivity index (χ3v) is 6.44. The number of amides is 1. The van der Waals surface area contributed by atoms with Crippen LogP contribution in [0.5, 0.6) is 5.75 Å². The van der Waals surface area contributed by atoms with Gasteiger partial charge in [0.1, 0.15) is 12.4 Å². The lowest BCUT2D eigenvalue weighted by atomic mass is 10.2. The fourth-order valence-electron chi connectivity index (χ4n) is 2.11. The Bertz CT molecular complexity index is 881. The average Bonchev–Trinajstić information content (AvgIpc) is 2.60. The van der Waals surface area contributed by atoms with Crippen molar-refractivity contribution >= 4 is 31.9 Å². The number of hydrogen-bond acceptors (Lipinski definition) is 4. The molecule has 0 aliphatic carbocycles. The zero-order chi connectivity index (χ0) is 19.3. The second-order valence-electron chi connectivity index (χ2n) is 5.85. The van der Waals surface area contributed by atoms with E-state index < -0.39 is 10.0 Å². The number of halogens is 1. The highest BCUT2D eigenvalue weighted by Crippen LogP contribution is 2.25. The van der Waals surface area contributed by atoms with E-state index in [2.05, 4.69) is 21.2 Å². The zero-order valence-corrected chi connectivity index (χ0v) is 17.2. The molecule has 0 heterocycles. The molecule has 0 radical (unpaired) electrons. The monoisotopic (exact) mass is 440 g/mol. The summed E-state index contributed by atoms with van der Waals surface area (Å²) in [6.07, 6.45) is 0. The minimum absolute atomic E-state index is 0.0473. The highest BCUT2D eigenvalue weighted by atomic mass is 79.9. The van der Waals surface area contributed by atoms with Gasteiger partial charge in [0.15, 0.2) is 0 Å². The summed E-state index contributed by atoms with van der Waals surface area (Å²) < 4.78 is 31.7. The van der Waals surface area contributed by atoms with Crippen LogP contribution in [0, 0.1) is 6.92 Å². The first-order valence-corrected chi connectivity index (χ1v) is 10.1. The Labute approximate surface area is 162 Å². The molecule has 0 saturated carbocycles. The molecule has 1 N–H and O–H groups in total. The lowest BCUT2D eigenvalue weighted by Crippen LogP contribution is -2.28. The van der Waals surface area contributed by atoms with Gasteiger partial charge < -0.3 is 10.1 Å². The number of carbonyl (C=O) groups excluding carboxylic acids is 1. The van der Waals surface area contributed by atoms with Gasteiger partial charge in [0.05, 0.1) is 11.4 Å². The van der Waals surface area contributed by atoms with Crippen molar-refractivity contribution in [1.29, 1.82) is 0 Å². The molecule has 0 fully saturated rings. The number of nitrogens with one attached hydrogen (secondary N) is 1. The molecule has 0 aliphatic rings. The molecule has 1 amide bonds. The van der Waals surface area contributed by atoms with Crippen LogP contribution in [0.3, 0.4) is 0 Å². The summed E-state index contributed by atoms with van der Waals surface area (Å²) in [5, 5.41) is 2.72. The molecule has 6 nitrogen and oxygen atoms in total. The van der Waals surface area contributed by atoms with Crippen LogP contribution in [0.15, 0.2) is 51.8 Å². The largest absolute Gasteiger partial charge is 0.492 e. The second-order valence-corrected chi connectivity index (χ2v) is 8.82. The first kappa shape index (κ1) is 20.4. The minimum atomic E-state index is -3.65. The summed E-state index contributed by atoms with van der Waals surface area (Å²) in [6, 6.07) is 12.1. The topological polar surface area (TPSA) is 75.7 Å². The molecule has 2 aromatic rings. The van der Waals surface area contributed by atoms with Crippen LogP contribution in [0.25, 0.3) is 0 Å². The van der Waals surface area contributed by atoms with Crippen molar-refractivity contribution in [3.63, 3.8) is 0 Å². The molecular weight excluding hydrogens is 420 g/mol. The van der Waals surface area contributed by atoms with Gasteiger partial charge in [0, 0.05) is 24.1 Å². The van der Waals surface area contributed by atoms with E-state index in [9.17, 15) is 13.2 Å². The normalized spacial score (nSPS) is 11.4.